The quantitative estimate of drug-likeness (QED) is 0.404. The second-order valence-electron chi connectivity index (χ2n) is 7.76. The van der Waals surface area contributed by atoms with Gasteiger partial charge in [-0.1, -0.05) is 61.5 Å². The Morgan fingerprint density at radius 2 is 1.47 bits per heavy atom. The van der Waals surface area contributed by atoms with Gasteiger partial charge >= 0.3 is 6.09 Å². The number of carbonyl (C=O) groups is 1. The number of likely N-dealkylation sites (N-methyl/N-ethyl adjacent to an activating group) is 1. The number of benzene rings is 3. The molecule has 0 saturated carbocycles. The van der Waals surface area contributed by atoms with Crippen molar-refractivity contribution in [2.45, 2.75) is 13.3 Å². The van der Waals surface area contributed by atoms with Crippen LogP contribution in [0.15, 0.2) is 78.9 Å². The molecule has 5 heteroatoms. The van der Waals surface area contributed by atoms with Gasteiger partial charge in [0.05, 0.1) is 0 Å². The Labute approximate surface area is 190 Å². The second kappa shape index (κ2) is 11.2. The lowest BCUT2D eigenvalue weighted by Gasteiger charge is -2.17. The summed E-state index contributed by atoms with van der Waals surface area (Å²) in [4.78, 5) is 13.0. The van der Waals surface area contributed by atoms with Gasteiger partial charge in [-0.15, -0.1) is 0 Å². The number of rotatable bonds is 9. The molecule has 3 aromatic rings. The Balaban J connectivity index is 2.01. The van der Waals surface area contributed by atoms with Gasteiger partial charge in [0.25, 0.3) is 0 Å². The highest BCUT2D eigenvalue weighted by Gasteiger charge is 2.13. The summed E-state index contributed by atoms with van der Waals surface area (Å²) in [6, 6.07) is 26.0. The van der Waals surface area contributed by atoms with E-state index in [1.54, 1.807) is 12.1 Å². The minimum Gasteiger partial charge on any atom is -0.492 e. The van der Waals surface area contributed by atoms with Crippen LogP contribution < -0.4 is 10.1 Å². The predicted molar refractivity (Wildman–Crippen MR) is 131 cm³/mol. The van der Waals surface area contributed by atoms with Gasteiger partial charge in [-0.3, -0.25) is 5.32 Å². The summed E-state index contributed by atoms with van der Waals surface area (Å²) < 4.78 is 5.86. The number of ether oxygens (including phenoxy) is 1. The zero-order chi connectivity index (χ0) is 22.9. The summed E-state index contributed by atoms with van der Waals surface area (Å²) in [5.74, 6) is 0.841. The molecule has 166 valence electrons. The van der Waals surface area contributed by atoms with Crippen molar-refractivity contribution in [1.82, 2.24) is 4.90 Å². The van der Waals surface area contributed by atoms with Crippen molar-refractivity contribution in [3.05, 3.63) is 95.6 Å². The van der Waals surface area contributed by atoms with E-state index in [4.69, 9.17) is 9.84 Å². The highest BCUT2D eigenvalue weighted by Crippen LogP contribution is 2.35. The Morgan fingerprint density at radius 3 is 2.00 bits per heavy atom. The summed E-state index contributed by atoms with van der Waals surface area (Å²) in [7, 11) is 4.05. The zero-order valence-electron chi connectivity index (χ0n) is 18.8. The lowest BCUT2D eigenvalue weighted by molar-refractivity contribution is 0.209. The molecule has 3 rings (SSSR count). The number of hydrogen-bond acceptors (Lipinski definition) is 3. The number of amides is 1. The normalized spacial score (nSPS) is 11.8. The summed E-state index contributed by atoms with van der Waals surface area (Å²) in [5, 5.41) is 11.4. The van der Waals surface area contributed by atoms with Crippen LogP contribution in [0.1, 0.15) is 30.0 Å². The first-order valence-electron chi connectivity index (χ1n) is 10.7. The molecule has 0 aliphatic rings. The smallest absolute Gasteiger partial charge is 0.409 e. The molecular weight excluding hydrogens is 400 g/mol. The van der Waals surface area contributed by atoms with Crippen LogP contribution in [-0.2, 0) is 0 Å². The van der Waals surface area contributed by atoms with E-state index in [2.05, 4.69) is 41.4 Å². The SMILES string of the molecule is CCC(=C(c1ccc(NC(=O)O)cc1)c1ccc(OCCN(C)C)cc1)c1ccccc1. The fourth-order valence-electron chi connectivity index (χ4n) is 3.59. The van der Waals surface area contributed by atoms with Crippen LogP contribution in [-0.4, -0.2) is 43.3 Å². The van der Waals surface area contributed by atoms with Gasteiger partial charge in [-0.05, 0) is 72.6 Å². The average molecular weight is 431 g/mol. The number of carboxylic acid groups (broad SMARTS) is 1. The third-order valence-corrected chi connectivity index (χ3v) is 5.15. The summed E-state index contributed by atoms with van der Waals surface area (Å²) in [5.41, 5.74) is 6.19. The van der Waals surface area contributed by atoms with Gasteiger partial charge in [-0.25, -0.2) is 4.79 Å². The third kappa shape index (κ3) is 6.22. The van der Waals surface area contributed by atoms with Crippen molar-refractivity contribution in [2.24, 2.45) is 0 Å². The molecule has 5 nitrogen and oxygen atoms in total. The van der Waals surface area contributed by atoms with Crippen molar-refractivity contribution < 1.29 is 14.6 Å². The fourth-order valence-corrected chi connectivity index (χ4v) is 3.59. The zero-order valence-corrected chi connectivity index (χ0v) is 18.8. The molecule has 0 spiro atoms. The third-order valence-electron chi connectivity index (χ3n) is 5.15. The van der Waals surface area contributed by atoms with Crippen molar-refractivity contribution >= 4 is 22.9 Å². The Hall–Kier alpha value is -3.57. The summed E-state index contributed by atoms with van der Waals surface area (Å²) >= 11 is 0. The molecule has 0 saturated heterocycles. The molecule has 0 atom stereocenters. The molecule has 0 aliphatic heterocycles. The van der Waals surface area contributed by atoms with Gasteiger partial charge in [0.15, 0.2) is 0 Å². The molecule has 3 aromatic carbocycles. The first kappa shape index (κ1) is 23.1. The maximum Gasteiger partial charge on any atom is 0.409 e. The minimum absolute atomic E-state index is 0.544. The van der Waals surface area contributed by atoms with Crippen LogP contribution in [0.5, 0.6) is 5.75 Å². The standard InChI is InChI=1S/C27H30N2O3/c1-4-25(20-8-6-5-7-9-20)26(21-10-14-23(15-11-21)28-27(30)31)22-12-16-24(17-13-22)32-19-18-29(2)3/h5-17,28H,4,18-19H2,1-3H3,(H,30,31). The molecule has 0 aromatic heterocycles. The van der Waals surface area contributed by atoms with E-state index in [-0.39, 0.29) is 0 Å². The van der Waals surface area contributed by atoms with E-state index in [1.807, 2.05) is 56.6 Å². The van der Waals surface area contributed by atoms with E-state index in [0.717, 1.165) is 35.4 Å². The van der Waals surface area contributed by atoms with Crippen LogP contribution in [0.2, 0.25) is 0 Å². The van der Waals surface area contributed by atoms with Gasteiger partial charge < -0.3 is 14.7 Å². The lowest BCUT2D eigenvalue weighted by atomic mass is 9.88. The maximum absolute atomic E-state index is 11.0. The number of nitrogens with zero attached hydrogens (tertiary/aromatic N) is 1. The Kier molecular flexibility index (Phi) is 8.06. The first-order chi connectivity index (χ1) is 15.5. The highest BCUT2D eigenvalue weighted by atomic mass is 16.5. The number of allylic oxidation sites excluding steroid dienone is 1. The summed E-state index contributed by atoms with van der Waals surface area (Å²) in [6.07, 6.45) is -0.216. The minimum atomic E-state index is -1.07. The molecule has 1 amide bonds. The molecule has 32 heavy (non-hydrogen) atoms. The molecule has 0 aliphatic carbocycles. The topological polar surface area (TPSA) is 61.8 Å². The van der Waals surface area contributed by atoms with Crippen molar-refractivity contribution in [3.8, 4) is 5.75 Å². The molecular formula is C27H30N2O3. The maximum atomic E-state index is 11.0. The van der Waals surface area contributed by atoms with Gasteiger partial charge in [0, 0.05) is 12.2 Å². The van der Waals surface area contributed by atoms with Crippen molar-refractivity contribution in [3.63, 3.8) is 0 Å². The number of hydrogen-bond donors (Lipinski definition) is 2. The van der Waals surface area contributed by atoms with Gasteiger partial charge in [0.2, 0.25) is 0 Å². The van der Waals surface area contributed by atoms with Crippen LogP contribution in [0.25, 0.3) is 11.1 Å². The first-order valence-corrected chi connectivity index (χ1v) is 10.7. The Bertz CT molecular complexity index is 1040. The van der Waals surface area contributed by atoms with Crippen molar-refractivity contribution in [1.29, 1.82) is 0 Å². The number of anilines is 1. The van der Waals surface area contributed by atoms with Crippen molar-refractivity contribution in [2.75, 3.05) is 32.6 Å². The van der Waals surface area contributed by atoms with Crippen LogP contribution in [0, 0.1) is 0 Å². The molecule has 0 unspecified atom stereocenters. The highest BCUT2D eigenvalue weighted by molar-refractivity contribution is 5.99. The van der Waals surface area contributed by atoms with E-state index < -0.39 is 6.09 Å². The van der Waals surface area contributed by atoms with Crippen LogP contribution in [0.3, 0.4) is 0 Å². The second-order valence-corrected chi connectivity index (χ2v) is 7.76. The van der Waals surface area contributed by atoms with Gasteiger partial charge in [-0.2, -0.15) is 0 Å². The Morgan fingerprint density at radius 1 is 0.875 bits per heavy atom. The van der Waals surface area contributed by atoms with Gasteiger partial charge in [0.1, 0.15) is 12.4 Å². The lowest BCUT2D eigenvalue weighted by Crippen LogP contribution is -2.19. The molecule has 0 fully saturated rings. The van der Waals surface area contributed by atoms with E-state index in [0.29, 0.717) is 12.3 Å². The molecule has 0 bridgehead atoms. The summed E-state index contributed by atoms with van der Waals surface area (Å²) in [6.45, 7) is 3.65. The molecule has 2 N–H and O–H groups in total. The number of nitrogens with one attached hydrogen (secondary N) is 1. The predicted octanol–water partition coefficient (Wildman–Crippen LogP) is 6.09. The van der Waals surface area contributed by atoms with E-state index in [1.165, 1.54) is 11.1 Å². The van der Waals surface area contributed by atoms with E-state index in [9.17, 15) is 4.79 Å². The molecule has 0 radical (unpaired) electrons. The fraction of sp³-hybridized carbons (Fsp3) is 0.222. The van der Waals surface area contributed by atoms with E-state index >= 15 is 0 Å². The monoisotopic (exact) mass is 430 g/mol. The molecule has 0 heterocycles. The van der Waals surface area contributed by atoms with Crippen LogP contribution >= 0.6 is 0 Å². The van der Waals surface area contributed by atoms with Crippen LogP contribution in [0.4, 0.5) is 10.5 Å². The average Bonchev–Trinajstić information content (AvgIpc) is 2.79. The largest absolute Gasteiger partial charge is 0.492 e.